The summed E-state index contributed by atoms with van der Waals surface area (Å²) in [7, 11) is 0. The number of benzene rings is 1. The monoisotopic (exact) mass is 202 g/mol. The van der Waals surface area contributed by atoms with E-state index in [2.05, 4.69) is 28.1 Å². The Morgan fingerprint density at radius 2 is 2.07 bits per heavy atom. The Labute approximate surface area is 85.5 Å². The van der Waals surface area contributed by atoms with Crippen molar-refractivity contribution in [1.82, 2.24) is 19.4 Å². The summed E-state index contributed by atoms with van der Waals surface area (Å²) in [4.78, 5) is 4.40. The number of hydrogen-bond donors (Lipinski definition) is 1. The second kappa shape index (κ2) is 2.68. The molecule has 0 fully saturated rings. The first-order chi connectivity index (χ1) is 6.84. The molecule has 1 aromatic carbocycles. The van der Waals surface area contributed by atoms with Gasteiger partial charge in [0.15, 0.2) is 0 Å². The fourth-order valence-electron chi connectivity index (χ4n) is 1.51. The zero-order valence-corrected chi connectivity index (χ0v) is 8.02. The minimum atomic E-state index is 0.816. The fourth-order valence-corrected chi connectivity index (χ4v) is 1.66. The van der Waals surface area contributed by atoms with E-state index in [1.807, 2.05) is 24.3 Å². The van der Waals surface area contributed by atoms with Crippen molar-refractivity contribution in [2.24, 2.45) is 0 Å². The lowest BCUT2D eigenvalue weighted by atomic mass is 10.2. The average molecular weight is 202 g/mol. The van der Waals surface area contributed by atoms with E-state index in [4.69, 9.17) is 0 Å². The predicted octanol–water partition coefficient (Wildman–Crippen LogP) is 1.62. The third kappa shape index (κ3) is 0.990. The summed E-state index contributed by atoms with van der Waals surface area (Å²) in [5, 5.41) is 8.89. The highest BCUT2D eigenvalue weighted by atomic mass is 32.1. The van der Waals surface area contributed by atoms with Gasteiger partial charge in [0.2, 0.25) is 0 Å². The van der Waals surface area contributed by atoms with Crippen LogP contribution in [0, 0.1) is 0 Å². The topological polar surface area (TPSA) is 43.6 Å². The number of thiol groups is 1. The van der Waals surface area contributed by atoms with E-state index in [-0.39, 0.29) is 0 Å². The van der Waals surface area contributed by atoms with Gasteiger partial charge >= 0.3 is 0 Å². The highest BCUT2D eigenvalue weighted by Gasteiger charge is 2.13. The summed E-state index contributed by atoms with van der Waals surface area (Å²) >= 11 is 4.04. The van der Waals surface area contributed by atoms with Crippen LogP contribution >= 0.6 is 12.8 Å². The Balaban J connectivity index is 2.50. The lowest BCUT2D eigenvalue weighted by Crippen LogP contribution is -1.96. The van der Waals surface area contributed by atoms with Crippen LogP contribution in [0.4, 0.5) is 0 Å². The SMILES string of the molecule is Sn1cc2nc3ccccc3c-2nn1. The molecule has 0 aliphatic carbocycles. The zero-order chi connectivity index (χ0) is 9.54. The van der Waals surface area contributed by atoms with Gasteiger partial charge in [0, 0.05) is 5.39 Å². The molecular weight excluding hydrogens is 196 g/mol. The van der Waals surface area contributed by atoms with E-state index >= 15 is 0 Å². The standard InChI is InChI=1S/C9H6N4S/c14-13-5-8-9(11-12-13)6-3-1-2-4-7(6)10-8/h1-5,14H. The number of para-hydroxylation sites is 1. The van der Waals surface area contributed by atoms with Crippen molar-refractivity contribution >= 4 is 23.7 Å². The van der Waals surface area contributed by atoms with Gasteiger partial charge in [0.1, 0.15) is 11.4 Å². The van der Waals surface area contributed by atoms with Crippen molar-refractivity contribution in [3.8, 4) is 11.4 Å². The van der Waals surface area contributed by atoms with Crippen LogP contribution in [0.2, 0.25) is 0 Å². The largest absolute Gasteiger partial charge is 0.244 e. The molecule has 1 aromatic rings. The number of fused-ring (bicyclic) bond motifs is 3. The zero-order valence-electron chi connectivity index (χ0n) is 7.12. The molecule has 0 saturated carbocycles. The molecule has 0 radical (unpaired) electrons. The van der Waals surface area contributed by atoms with Gasteiger partial charge < -0.3 is 0 Å². The Morgan fingerprint density at radius 3 is 3.00 bits per heavy atom. The molecule has 2 heterocycles. The van der Waals surface area contributed by atoms with Crippen molar-refractivity contribution in [2.45, 2.75) is 0 Å². The maximum atomic E-state index is 4.40. The van der Waals surface area contributed by atoms with Crippen LogP contribution < -0.4 is 0 Å². The van der Waals surface area contributed by atoms with Crippen LogP contribution in [-0.4, -0.2) is 19.4 Å². The van der Waals surface area contributed by atoms with Crippen LogP contribution in [0.15, 0.2) is 30.5 Å². The summed E-state index contributed by atoms with van der Waals surface area (Å²) in [5.41, 5.74) is 2.58. The van der Waals surface area contributed by atoms with Gasteiger partial charge in [-0.3, -0.25) is 0 Å². The van der Waals surface area contributed by atoms with Crippen molar-refractivity contribution in [2.75, 3.05) is 0 Å². The molecule has 0 N–H and O–H groups in total. The van der Waals surface area contributed by atoms with E-state index in [1.165, 1.54) is 4.09 Å². The molecule has 14 heavy (non-hydrogen) atoms. The Bertz CT molecular complexity index is 574. The van der Waals surface area contributed by atoms with Crippen molar-refractivity contribution < 1.29 is 0 Å². The molecule has 68 valence electrons. The number of nitrogens with zero attached hydrogens (tertiary/aromatic N) is 4. The van der Waals surface area contributed by atoms with Gasteiger partial charge in [0.25, 0.3) is 0 Å². The maximum absolute atomic E-state index is 4.40. The van der Waals surface area contributed by atoms with E-state index in [1.54, 1.807) is 6.20 Å². The summed E-state index contributed by atoms with van der Waals surface area (Å²) < 4.78 is 1.36. The summed E-state index contributed by atoms with van der Waals surface area (Å²) in [6.07, 6.45) is 1.74. The average Bonchev–Trinajstić information content (AvgIpc) is 2.54. The van der Waals surface area contributed by atoms with Crippen LogP contribution in [-0.2, 0) is 0 Å². The van der Waals surface area contributed by atoms with Gasteiger partial charge in [-0.05, 0) is 18.9 Å². The van der Waals surface area contributed by atoms with E-state index in [0.717, 1.165) is 22.3 Å². The van der Waals surface area contributed by atoms with Crippen molar-refractivity contribution in [3.63, 3.8) is 0 Å². The van der Waals surface area contributed by atoms with E-state index in [0.29, 0.717) is 0 Å². The maximum Gasteiger partial charge on any atom is 0.124 e. The quantitative estimate of drug-likeness (QED) is 0.563. The Morgan fingerprint density at radius 1 is 1.21 bits per heavy atom. The molecule has 0 amide bonds. The highest BCUT2D eigenvalue weighted by Crippen LogP contribution is 2.27. The molecule has 4 nitrogen and oxygen atoms in total. The fraction of sp³-hybridized carbons (Fsp3) is 0. The van der Waals surface area contributed by atoms with Crippen molar-refractivity contribution in [1.29, 1.82) is 0 Å². The Hall–Kier alpha value is -1.62. The molecule has 3 rings (SSSR count). The summed E-state index contributed by atoms with van der Waals surface area (Å²) in [6, 6.07) is 7.87. The van der Waals surface area contributed by atoms with Gasteiger partial charge in [-0.25, -0.2) is 4.98 Å². The van der Waals surface area contributed by atoms with Gasteiger partial charge in [0.05, 0.1) is 11.7 Å². The van der Waals surface area contributed by atoms with Crippen molar-refractivity contribution in [3.05, 3.63) is 30.5 Å². The third-order valence-electron chi connectivity index (χ3n) is 2.12. The minimum Gasteiger partial charge on any atom is -0.244 e. The number of rotatable bonds is 0. The Kier molecular flexibility index (Phi) is 1.49. The number of hydrogen-bond acceptors (Lipinski definition) is 4. The first kappa shape index (κ1) is 7.75. The second-order valence-corrected chi connectivity index (χ2v) is 3.41. The molecule has 0 unspecified atom stereocenters. The first-order valence-electron chi connectivity index (χ1n) is 4.15. The molecule has 2 aliphatic heterocycles. The summed E-state index contributed by atoms with van der Waals surface area (Å²) in [5.74, 6) is 0. The summed E-state index contributed by atoms with van der Waals surface area (Å²) in [6.45, 7) is 0. The molecule has 0 saturated heterocycles. The van der Waals surface area contributed by atoms with Gasteiger partial charge in [-0.15, -0.1) is 5.10 Å². The van der Waals surface area contributed by atoms with Gasteiger partial charge in [-0.2, -0.15) is 4.09 Å². The molecule has 2 aliphatic rings. The minimum absolute atomic E-state index is 0.816. The van der Waals surface area contributed by atoms with E-state index in [9.17, 15) is 0 Å². The third-order valence-corrected chi connectivity index (χ3v) is 2.31. The van der Waals surface area contributed by atoms with Crippen LogP contribution in [0.1, 0.15) is 0 Å². The van der Waals surface area contributed by atoms with Crippen LogP contribution in [0.25, 0.3) is 22.3 Å². The van der Waals surface area contributed by atoms with Gasteiger partial charge in [-0.1, -0.05) is 23.4 Å². The smallest absolute Gasteiger partial charge is 0.124 e. The molecule has 0 aromatic heterocycles. The van der Waals surface area contributed by atoms with Crippen LogP contribution in [0.3, 0.4) is 0 Å². The van der Waals surface area contributed by atoms with Crippen LogP contribution in [0.5, 0.6) is 0 Å². The normalized spacial score (nSPS) is 11.2. The molecule has 5 heteroatoms. The lowest BCUT2D eigenvalue weighted by Gasteiger charge is -1.96. The molecule has 0 bridgehead atoms. The second-order valence-electron chi connectivity index (χ2n) is 3.00. The molecular formula is C9H6N4S. The first-order valence-corrected chi connectivity index (χ1v) is 4.55. The molecule has 0 atom stereocenters. The molecule has 0 spiro atoms. The lowest BCUT2D eigenvalue weighted by molar-refractivity contribution is 0.827. The predicted molar refractivity (Wildman–Crippen MR) is 56.3 cm³/mol. The number of aromatic nitrogens is 4. The van der Waals surface area contributed by atoms with E-state index < -0.39 is 0 Å². The highest BCUT2D eigenvalue weighted by molar-refractivity contribution is 7.78.